The van der Waals surface area contributed by atoms with Crippen LogP contribution < -0.4 is 15.4 Å². The third kappa shape index (κ3) is 3.85. The highest BCUT2D eigenvalue weighted by Crippen LogP contribution is 2.22. The Kier molecular flexibility index (Phi) is 4.61. The second kappa shape index (κ2) is 6.60. The SMILES string of the molecule is COc1ccc(NC(C)=O)cc1CNC(=O)c1ccco1. The van der Waals surface area contributed by atoms with Crippen LogP contribution in [0.25, 0.3) is 0 Å². The molecule has 110 valence electrons. The summed E-state index contributed by atoms with van der Waals surface area (Å²) in [5.74, 6) is 0.397. The fourth-order valence-electron chi connectivity index (χ4n) is 1.87. The van der Waals surface area contributed by atoms with Gasteiger partial charge in [-0.3, -0.25) is 9.59 Å². The maximum Gasteiger partial charge on any atom is 0.287 e. The second-order valence-electron chi connectivity index (χ2n) is 4.37. The van der Waals surface area contributed by atoms with E-state index in [9.17, 15) is 9.59 Å². The molecule has 21 heavy (non-hydrogen) atoms. The van der Waals surface area contributed by atoms with E-state index in [2.05, 4.69) is 10.6 Å². The minimum absolute atomic E-state index is 0.161. The molecule has 0 unspecified atom stereocenters. The average Bonchev–Trinajstić information content (AvgIpc) is 2.98. The van der Waals surface area contributed by atoms with Gasteiger partial charge in [0.2, 0.25) is 5.91 Å². The van der Waals surface area contributed by atoms with Gasteiger partial charge in [0.25, 0.3) is 5.91 Å². The van der Waals surface area contributed by atoms with E-state index in [4.69, 9.17) is 9.15 Å². The van der Waals surface area contributed by atoms with Crippen LogP contribution in [0.3, 0.4) is 0 Å². The van der Waals surface area contributed by atoms with Crippen molar-refractivity contribution in [2.24, 2.45) is 0 Å². The van der Waals surface area contributed by atoms with E-state index < -0.39 is 0 Å². The first-order valence-electron chi connectivity index (χ1n) is 6.36. The number of rotatable bonds is 5. The van der Waals surface area contributed by atoms with Gasteiger partial charge in [0, 0.05) is 24.7 Å². The molecule has 0 saturated carbocycles. The molecule has 0 radical (unpaired) electrons. The molecule has 0 spiro atoms. The molecule has 2 N–H and O–H groups in total. The van der Waals surface area contributed by atoms with Gasteiger partial charge in [0.1, 0.15) is 5.75 Å². The van der Waals surface area contributed by atoms with Crippen LogP contribution in [0.1, 0.15) is 23.0 Å². The highest BCUT2D eigenvalue weighted by Gasteiger charge is 2.10. The van der Waals surface area contributed by atoms with Crippen LogP contribution in [0.2, 0.25) is 0 Å². The molecule has 2 rings (SSSR count). The topological polar surface area (TPSA) is 80.6 Å². The summed E-state index contributed by atoms with van der Waals surface area (Å²) >= 11 is 0. The van der Waals surface area contributed by atoms with Crippen LogP contribution >= 0.6 is 0 Å². The van der Waals surface area contributed by atoms with Gasteiger partial charge in [-0.05, 0) is 30.3 Å². The quantitative estimate of drug-likeness (QED) is 0.883. The number of benzene rings is 1. The molecule has 6 nitrogen and oxygen atoms in total. The Balaban J connectivity index is 2.10. The minimum atomic E-state index is -0.313. The summed E-state index contributed by atoms with van der Waals surface area (Å²) < 4.78 is 10.3. The van der Waals surface area contributed by atoms with Gasteiger partial charge in [-0.25, -0.2) is 0 Å². The van der Waals surface area contributed by atoms with Crippen molar-refractivity contribution in [2.75, 3.05) is 12.4 Å². The van der Waals surface area contributed by atoms with Gasteiger partial charge in [0.15, 0.2) is 5.76 Å². The Morgan fingerprint density at radius 2 is 2.10 bits per heavy atom. The predicted molar refractivity (Wildman–Crippen MR) is 77.2 cm³/mol. The third-order valence-electron chi connectivity index (χ3n) is 2.79. The fraction of sp³-hybridized carbons (Fsp3) is 0.200. The van der Waals surface area contributed by atoms with Crippen molar-refractivity contribution in [3.8, 4) is 5.75 Å². The number of amides is 2. The van der Waals surface area contributed by atoms with Gasteiger partial charge in [-0.1, -0.05) is 0 Å². The van der Waals surface area contributed by atoms with Crippen molar-refractivity contribution in [3.63, 3.8) is 0 Å². The number of methoxy groups -OCH3 is 1. The Bertz CT molecular complexity index is 635. The summed E-state index contributed by atoms with van der Waals surface area (Å²) in [7, 11) is 1.55. The molecule has 0 fully saturated rings. The monoisotopic (exact) mass is 288 g/mol. The maximum absolute atomic E-state index is 11.8. The molecular formula is C15H16N2O4. The molecule has 0 aliphatic heterocycles. The lowest BCUT2D eigenvalue weighted by Gasteiger charge is -2.11. The largest absolute Gasteiger partial charge is 0.496 e. The first-order valence-corrected chi connectivity index (χ1v) is 6.36. The van der Waals surface area contributed by atoms with Crippen molar-refractivity contribution >= 4 is 17.5 Å². The third-order valence-corrected chi connectivity index (χ3v) is 2.79. The highest BCUT2D eigenvalue weighted by molar-refractivity contribution is 5.91. The second-order valence-corrected chi connectivity index (χ2v) is 4.37. The number of carbonyl (C=O) groups excluding carboxylic acids is 2. The van der Waals surface area contributed by atoms with Gasteiger partial charge in [0.05, 0.1) is 13.4 Å². The zero-order valence-electron chi connectivity index (χ0n) is 11.8. The number of hydrogen-bond donors (Lipinski definition) is 2. The molecule has 0 bridgehead atoms. The van der Waals surface area contributed by atoms with Crippen LogP contribution in [-0.2, 0) is 11.3 Å². The van der Waals surface area contributed by atoms with Gasteiger partial charge in [-0.2, -0.15) is 0 Å². The molecule has 0 aliphatic carbocycles. The maximum atomic E-state index is 11.8. The van der Waals surface area contributed by atoms with Crippen LogP contribution in [0.4, 0.5) is 5.69 Å². The molecule has 0 atom stereocenters. The summed E-state index contributed by atoms with van der Waals surface area (Å²) in [5.41, 5.74) is 1.40. The van der Waals surface area contributed by atoms with Crippen LogP contribution in [0.5, 0.6) is 5.75 Å². The molecule has 1 aromatic heterocycles. The van der Waals surface area contributed by atoms with Crippen molar-refractivity contribution in [1.82, 2.24) is 5.32 Å². The van der Waals surface area contributed by atoms with Crippen molar-refractivity contribution < 1.29 is 18.7 Å². The van der Waals surface area contributed by atoms with Crippen LogP contribution in [0, 0.1) is 0 Å². The molecule has 0 saturated heterocycles. The molecule has 0 aliphatic rings. The average molecular weight is 288 g/mol. The number of hydrogen-bond acceptors (Lipinski definition) is 4. The first kappa shape index (κ1) is 14.6. The number of carbonyl (C=O) groups is 2. The lowest BCUT2D eigenvalue weighted by atomic mass is 10.1. The van der Waals surface area contributed by atoms with E-state index >= 15 is 0 Å². The summed E-state index contributed by atoms with van der Waals surface area (Å²) in [5, 5.41) is 5.42. The number of furan rings is 1. The van der Waals surface area contributed by atoms with E-state index in [-0.39, 0.29) is 24.1 Å². The zero-order valence-corrected chi connectivity index (χ0v) is 11.8. The Morgan fingerprint density at radius 3 is 2.71 bits per heavy atom. The highest BCUT2D eigenvalue weighted by atomic mass is 16.5. The molecule has 2 amide bonds. The standard InChI is InChI=1S/C15H16N2O4/c1-10(18)17-12-5-6-13(20-2)11(8-12)9-16-15(19)14-4-3-7-21-14/h3-8H,9H2,1-2H3,(H,16,19)(H,17,18). The van der Waals surface area contributed by atoms with Crippen molar-refractivity contribution in [1.29, 1.82) is 0 Å². The predicted octanol–water partition coefficient (Wildman–Crippen LogP) is 2.18. The molecule has 6 heteroatoms. The Labute approximate surface area is 122 Å². The van der Waals surface area contributed by atoms with Crippen LogP contribution in [0.15, 0.2) is 41.0 Å². The molecular weight excluding hydrogens is 272 g/mol. The van der Waals surface area contributed by atoms with Gasteiger partial charge in [-0.15, -0.1) is 0 Å². The Morgan fingerprint density at radius 1 is 1.29 bits per heavy atom. The normalized spacial score (nSPS) is 10.0. The number of anilines is 1. The van der Waals surface area contributed by atoms with E-state index in [1.807, 2.05) is 0 Å². The van der Waals surface area contributed by atoms with Crippen molar-refractivity contribution in [3.05, 3.63) is 47.9 Å². The first-order chi connectivity index (χ1) is 10.1. The van der Waals surface area contributed by atoms with Gasteiger partial charge < -0.3 is 19.8 Å². The molecule has 2 aromatic rings. The molecule has 1 aromatic carbocycles. The van der Waals surface area contributed by atoms with E-state index in [0.717, 1.165) is 5.56 Å². The number of nitrogens with one attached hydrogen (secondary N) is 2. The summed E-state index contributed by atoms with van der Waals surface area (Å²) in [4.78, 5) is 22.9. The summed E-state index contributed by atoms with van der Waals surface area (Å²) in [6, 6.07) is 8.45. The van der Waals surface area contributed by atoms with E-state index in [1.54, 1.807) is 37.4 Å². The number of ether oxygens (including phenoxy) is 1. The molecule has 1 heterocycles. The smallest absolute Gasteiger partial charge is 0.287 e. The summed E-state index contributed by atoms with van der Waals surface area (Å²) in [6.45, 7) is 1.69. The lowest BCUT2D eigenvalue weighted by Crippen LogP contribution is -2.22. The lowest BCUT2D eigenvalue weighted by molar-refractivity contribution is -0.114. The Hall–Kier alpha value is -2.76. The van der Waals surface area contributed by atoms with Gasteiger partial charge >= 0.3 is 0 Å². The minimum Gasteiger partial charge on any atom is -0.496 e. The fourth-order valence-corrected chi connectivity index (χ4v) is 1.87. The van der Waals surface area contributed by atoms with E-state index in [0.29, 0.717) is 11.4 Å². The summed E-state index contributed by atoms with van der Waals surface area (Å²) in [6.07, 6.45) is 1.44. The zero-order chi connectivity index (χ0) is 15.2. The van der Waals surface area contributed by atoms with E-state index in [1.165, 1.54) is 13.2 Å². The van der Waals surface area contributed by atoms with Crippen molar-refractivity contribution in [2.45, 2.75) is 13.5 Å². The van der Waals surface area contributed by atoms with Crippen LogP contribution in [-0.4, -0.2) is 18.9 Å².